The molecule has 2 fully saturated rings. The van der Waals surface area contributed by atoms with E-state index < -0.39 is 8.32 Å². The van der Waals surface area contributed by atoms with E-state index in [4.69, 9.17) is 9.16 Å². The first-order valence-corrected chi connectivity index (χ1v) is 13.7. The first kappa shape index (κ1) is 23.6. The molecular formula is C23H42O4Si. The molecule has 0 radical (unpaired) electrons. The van der Waals surface area contributed by atoms with Gasteiger partial charge in [0.15, 0.2) is 8.32 Å². The summed E-state index contributed by atoms with van der Waals surface area (Å²) in [5.74, 6) is 0.229. The zero-order valence-corrected chi connectivity index (χ0v) is 20.4. The Morgan fingerprint density at radius 3 is 2.43 bits per heavy atom. The van der Waals surface area contributed by atoms with Crippen molar-refractivity contribution in [3.8, 4) is 0 Å². The van der Waals surface area contributed by atoms with E-state index >= 15 is 0 Å². The third-order valence-electron chi connectivity index (χ3n) is 8.36. The molecule has 162 valence electrons. The number of carbonyl (C=O) groups excluding carboxylic acids is 1. The highest BCUT2D eigenvalue weighted by molar-refractivity contribution is 6.74. The van der Waals surface area contributed by atoms with Crippen molar-refractivity contribution in [2.75, 3.05) is 13.2 Å². The molecule has 0 aromatic carbocycles. The van der Waals surface area contributed by atoms with Gasteiger partial charge < -0.3 is 14.3 Å². The summed E-state index contributed by atoms with van der Waals surface area (Å²) in [7, 11) is -1.90. The summed E-state index contributed by atoms with van der Waals surface area (Å²) in [4.78, 5) is 11.4. The average molecular weight is 411 g/mol. The number of fused-ring (bicyclic) bond motifs is 1. The number of carbonyl (C=O) groups is 1. The minimum Gasteiger partial charge on any atom is -0.465 e. The molecule has 2 aliphatic rings. The molecule has 2 saturated carbocycles. The number of aliphatic hydroxyl groups is 1. The molecule has 5 atom stereocenters. The van der Waals surface area contributed by atoms with Gasteiger partial charge in [-0.3, -0.25) is 4.79 Å². The standard InChI is InChI=1S/C23H42O4Si/c1-16-10-11-19-22(6,18(16)14-26-17(2)24)13-12-20(25)23(19,7)15-27-28(8,9)21(3,4)5/h18-20,25H,1,10-15H2,2-9H3/t18-,19+,20-,22+,23-/m0/s1. The lowest BCUT2D eigenvalue weighted by molar-refractivity contribution is -0.163. The van der Waals surface area contributed by atoms with Gasteiger partial charge in [0, 0.05) is 24.9 Å². The Morgan fingerprint density at radius 1 is 1.29 bits per heavy atom. The van der Waals surface area contributed by atoms with Gasteiger partial charge in [-0.2, -0.15) is 0 Å². The van der Waals surface area contributed by atoms with Crippen LogP contribution in [0.5, 0.6) is 0 Å². The molecule has 28 heavy (non-hydrogen) atoms. The SMILES string of the molecule is C=C1CC[C@H]2[C@](C)(CO[Si](C)(C)C(C)(C)C)[C@@H](O)CC[C@]2(C)[C@H]1COC(C)=O. The third-order valence-corrected chi connectivity index (χ3v) is 12.8. The molecule has 5 heteroatoms. The quantitative estimate of drug-likeness (QED) is 0.378. The van der Waals surface area contributed by atoms with Crippen molar-refractivity contribution in [2.24, 2.45) is 22.7 Å². The summed E-state index contributed by atoms with van der Waals surface area (Å²) in [5.41, 5.74) is 0.858. The second kappa shape index (κ2) is 7.88. The van der Waals surface area contributed by atoms with Gasteiger partial charge in [-0.1, -0.05) is 46.8 Å². The average Bonchev–Trinajstić information content (AvgIpc) is 2.55. The minimum atomic E-state index is -1.90. The Morgan fingerprint density at radius 2 is 1.89 bits per heavy atom. The molecule has 2 rings (SSSR count). The molecule has 0 amide bonds. The van der Waals surface area contributed by atoms with Crippen LogP contribution >= 0.6 is 0 Å². The van der Waals surface area contributed by atoms with Crippen molar-refractivity contribution >= 4 is 14.3 Å². The number of hydrogen-bond acceptors (Lipinski definition) is 4. The van der Waals surface area contributed by atoms with Crippen LogP contribution in [0.3, 0.4) is 0 Å². The van der Waals surface area contributed by atoms with E-state index in [1.165, 1.54) is 12.5 Å². The highest BCUT2D eigenvalue weighted by Gasteiger charge is 2.58. The van der Waals surface area contributed by atoms with E-state index in [0.29, 0.717) is 19.1 Å². The Hall–Kier alpha value is -0.653. The first-order valence-electron chi connectivity index (χ1n) is 10.8. The first-order chi connectivity index (χ1) is 12.6. The maximum atomic E-state index is 11.4. The number of hydrogen-bond donors (Lipinski definition) is 1. The number of ether oxygens (including phenoxy) is 1. The van der Waals surface area contributed by atoms with Crippen molar-refractivity contribution in [3.63, 3.8) is 0 Å². The lowest BCUT2D eigenvalue weighted by Gasteiger charge is -2.60. The van der Waals surface area contributed by atoms with Gasteiger partial charge in [-0.05, 0) is 55.1 Å². The maximum absolute atomic E-state index is 11.4. The van der Waals surface area contributed by atoms with E-state index in [2.05, 4.69) is 54.3 Å². The molecule has 4 nitrogen and oxygen atoms in total. The Kier molecular flexibility index (Phi) is 6.65. The van der Waals surface area contributed by atoms with E-state index in [-0.39, 0.29) is 33.9 Å². The van der Waals surface area contributed by atoms with Crippen LogP contribution in [0.15, 0.2) is 12.2 Å². The minimum absolute atomic E-state index is 0.0322. The molecule has 0 aromatic rings. The number of esters is 1. The molecular weight excluding hydrogens is 368 g/mol. The van der Waals surface area contributed by atoms with Gasteiger partial charge in [0.1, 0.15) is 0 Å². The van der Waals surface area contributed by atoms with Gasteiger partial charge in [-0.15, -0.1) is 0 Å². The normalized spacial score (nSPS) is 36.8. The lowest BCUT2D eigenvalue weighted by atomic mass is 9.46. The fraction of sp³-hybridized carbons (Fsp3) is 0.870. The van der Waals surface area contributed by atoms with Crippen LogP contribution < -0.4 is 0 Å². The second-order valence-corrected chi connectivity index (χ2v) is 16.0. The maximum Gasteiger partial charge on any atom is 0.302 e. The Balaban J connectivity index is 2.30. The fourth-order valence-corrected chi connectivity index (χ4v) is 6.35. The molecule has 2 aliphatic carbocycles. The van der Waals surface area contributed by atoms with Crippen LogP contribution in [-0.4, -0.2) is 38.7 Å². The number of aliphatic hydroxyl groups excluding tert-OH is 1. The van der Waals surface area contributed by atoms with Crippen LogP contribution in [0.25, 0.3) is 0 Å². The smallest absolute Gasteiger partial charge is 0.302 e. The van der Waals surface area contributed by atoms with Gasteiger partial charge >= 0.3 is 5.97 Å². The van der Waals surface area contributed by atoms with Crippen LogP contribution in [0.4, 0.5) is 0 Å². The summed E-state index contributed by atoms with van der Waals surface area (Å²) in [6.07, 6.45) is 3.26. The third kappa shape index (κ3) is 4.27. The fourth-order valence-electron chi connectivity index (χ4n) is 5.24. The molecule has 1 N–H and O–H groups in total. The van der Waals surface area contributed by atoms with Gasteiger partial charge in [0.2, 0.25) is 0 Å². The Labute approximate surface area is 173 Å². The van der Waals surface area contributed by atoms with E-state index in [1.807, 2.05) is 0 Å². The monoisotopic (exact) mass is 410 g/mol. The van der Waals surface area contributed by atoms with E-state index in [0.717, 1.165) is 25.7 Å². The Bertz CT molecular complexity index is 608. The van der Waals surface area contributed by atoms with Gasteiger partial charge in [-0.25, -0.2) is 0 Å². The summed E-state index contributed by atoms with van der Waals surface area (Å²) in [6.45, 7) is 22.6. The highest BCUT2D eigenvalue weighted by atomic mass is 28.4. The van der Waals surface area contributed by atoms with Crippen LogP contribution in [0.2, 0.25) is 18.1 Å². The summed E-state index contributed by atoms with van der Waals surface area (Å²) in [5, 5.41) is 11.2. The summed E-state index contributed by atoms with van der Waals surface area (Å²) >= 11 is 0. The van der Waals surface area contributed by atoms with Crippen molar-refractivity contribution in [1.29, 1.82) is 0 Å². The van der Waals surface area contributed by atoms with E-state index in [1.54, 1.807) is 0 Å². The zero-order chi connectivity index (χ0) is 21.5. The second-order valence-electron chi connectivity index (χ2n) is 11.2. The topological polar surface area (TPSA) is 55.8 Å². The van der Waals surface area contributed by atoms with Crippen molar-refractivity contribution in [1.82, 2.24) is 0 Å². The number of rotatable bonds is 5. The molecule has 0 saturated heterocycles. The van der Waals surface area contributed by atoms with Gasteiger partial charge in [0.25, 0.3) is 0 Å². The van der Waals surface area contributed by atoms with Crippen molar-refractivity contribution in [3.05, 3.63) is 12.2 Å². The molecule has 0 heterocycles. The lowest BCUT2D eigenvalue weighted by Crippen LogP contribution is -2.59. The van der Waals surface area contributed by atoms with Crippen molar-refractivity contribution < 1.29 is 19.1 Å². The molecule has 0 unspecified atom stereocenters. The van der Waals surface area contributed by atoms with Crippen LogP contribution in [-0.2, 0) is 14.0 Å². The summed E-state index contributed by atoms with van der Waals surface area (Å²) in [6, 6.07) is 0. The zero-order valence-electron chi connectivity index (χ0n) is 19.4. The van der Waals surface area contributed by atoms with Crippen LogP contribution in [0.1, 0.15) is 67.2 Å². The van der Waals surface area contributed by atoms with Gasteiger partial charge in [0.05, 0.1) is 12.7 Å². The molecule has 0 bridgehead atoms. The highest BCUT2D eigenvalue weighted by Crippen LogP contribution is 2.61. The predicted molar refractivity (Wildman–Crippen MR) is 117 cm³/mol. The predicted octanol–water partition coefficient (Wildman–Crippen LogP) is 5.32. The largest absolute Gasteiger partial charge is 0.465 e. The van der Waals surface area contributed by atoms with Crippen molar-refractivity contribution in [2.45, 2.75) is 91.5 Å². The molecule has 0 aliphatic heterocycles. The summed E-state index contributed by atoms with van der Waals surface area (Å²) < 4.78 is 12.1. The molecule has 0 spiro atoms. The molecule has 0 aromatic heterocycles. The van der Waals surface area contributed by atoms with Crippen LogP contribution in [0, 0.1) is 22.7 Å². The van der Waals surface area contributed by atoms with E-state index in [9.17, 15) is 9.90 Å².